The summed E-state index contributed by atoms with van der Waals surface area (Å²) >= 11 is 0. The second-order valence-electron chi connectivity index (χ2n) is 6.04. The molecule has 0 aliphatic carbocycles. The number of nitrogens with zero attached hydrogens (tertiary/aromatic N) is 3. The first-order valence-electron chi connectivity index (χ1n) is 8.29. The lowest BCUT2D eigenvalue weighted by molar-refractivity contribution is -0.127. The minimum atomic E-state index is -0.324. The van der Waals surface area contributed by atoms with E-state index in [0.29, 0.717) is 17.9 Å². The van der Waals surface area contributed by atoms with E-state index in [0.717, 1.165) is 5.69 Å². The van der Waals surface area contributed by atoms with Gasteiger partial charge in [0.05, 0.1) is 29.9 Å². The monoisotopic (exact) mass is 342 g/mol. The average molecular weight is 342 g/mol. The van der Waals surface area contributed by atoms with Crippen LogP contribution < -0.4 is 10.1 Å². The zero-order chi connectivity index (χ0) is 18.0. The largest absolute Gasteiger partial charge is 0.493 e. The molecule has 0 saturated carbocycles. The van der Waals surface area contributed by atoms with Crippen molar-refractivity contribution in [1.29, 1.82) is 0 Å². The number of para-hydroxylation sites is 1. The summed E-state index contributed by atoms with van der Waals surface area (Å²) in [6.07, 6.45) is 1.95. The molecule has 1 aliphatic rings. The van der Waals surface area contributed by atoms with Crippen molar-refractivity contribution in [3.05, 3.63) is 47.8 Å². The normalized spacial score (nSPS) is 20.0. The Morgan fingerprint density at radius 2 is 2.08 bits per heavy atom. The highest BCUT2D eigenvalue weighted by Crippen LogP contribution is 2.32. The maximum atomic E-state index is 12.8. The van der Waals surface area contributed by atoms with E-state index in [-0.39, 0.29) is 30.3 Å². The summed E-state index contributed by atoms with van der Waals surface area (Å²) in [6, 6.07) is 8.41. The molecule has 0 bridgehead atoms. The third-order valence-electron chi connectivity index (χ3n) is 4.50. The minimum Gasteiger partial charge on any atom is -0.493 e. The highest BCUT2D eigenvalue weighted by atomic mass is 16.5. The lowest BCUT2D eigenvalue weighted by Crippen LogP contribution is -2.39. The Balaban J connectivity index is 1.85. The Bertz CT molecular complexity index is 786. The second-order valence-corrected chi connectivity index (χ2v) is 6.04. The molecule has 25 heavy (non-hydrogen) atoms. The van der Waals surface area contributed by atoms with Crippen LogP contribution in [0.25, 0.3) is 0 Å². The van der Waals surface area contributed by atoms with Crippen LogP contribution in [0.2, 0.25) is 0 Å². The summed E-state index contributed by atoms with van der Waals surface area (Å²) in [5, 5.41) is 7.17. The van der Waals surface area contributed by atoms with Gasteiger partial charge in [0.2, 0.25) is 5.91 Å². The molecule has 1 saturated heterocycles. The standard InChI is InChI=1S/C18H22N4O3/c1-4-25-15-8-6-5-7-12(15)18(24)20-13-11-16(23)21(2)17(13)14-9-10-19-22(14)3/h5-10,13,17H,4,11H2,1-3H3,(H,20,24)/t13-,17-/m1/s1. The summed E-state index contributed by atoms with van der Waals surface area (Å²) in [6.45, 7) is 2.35. The molecule has 7 nitrogen and oxygen atoms in total. The Kier molecular flexibility index (Phi) is 4.74. The van der Waals surface area contributed by atoms with Gasteiger partial charge in [-0.1, -0.05) is 12.1 Å². The highest BCUT2D eigenvalue weighted by Gasteiger charge is 2.41. The van der Waals surface area contributed by atoms with Crippen LogP contribution in [0.15, 0.2) is 36.5 Å². The molecular weight excluding hydrogens is 320 g/mol. The van der Waals surface area contributed by atoms with E-state index in [1.165, 1.54) is 0 Å². The smallest absolute Gasteiger partial charge is 0.255 e. The van der Waals surface area contributed by atoms with E-state index >= 15 is 0 Å². The van der Waals surface area contributed by atoms with Gasteiger partial charge in [-0.15, -0.1) is 0 Å². The van der Waals surface area contributed by atoms with Crippen molar-refractivity contribution in [3.63, 3.8) is 0 Å². The molecule has 0 radical (unpaired) electrons. The van der Waals surface area contributed by atoms with Crippen molar-refractivity contribution in [1.82, 2.24) is 20.0 Å². The van der Waals surface area contributed by atoms with E-state index in [9.17, 15) is 9.59 Å². The van der Waals surface area contributed by atoms with Gasteiger partial charge in [0.25, 0.3) is 5.91 Å². The van der Waals surface area contributed by atoms with Crippen LogP contribution in [-0.4, -0.2) is 46.2 Å². The van der Waals surface area contributed by atoms with Crippen molar-refractivity contribution < 1.29 is 14.3 Å². The van der Waals surface area contributed by atoms with Crippen LogP contribution in [-0.2, 0) is 11.8 Å². The number of ether oxygens (including phenoxy) is 1. The fourth-order valence-corrected chi connectivity index (χ4v) is 3.26. The molecule has 2 heterocycles. The van der Waals surface area contributed by atoms with Crippen molar-refractivity contribution in [3.8, 4) is 5.75 Å². The third kappa shape index (κ3) is 3.22. The van der Waals surface area contributed by atoms with Crippen LogP contribution in [0.4, 0.5) is 0 Å². The van der Waals surface area contributed by atoms with Crippen LogP contribution in [0.1, 0.15) is 35.4 Å². The molecule has 1 aromatic carbocycles. The van der Waals surface area contributed by atoms with E-state index in [4.69, 9.17) is 4.74 Å². The lowest BCUT2D eigenvalue weighted by Gasteiger charge is -2.26. The zero-order valence-electron chi connectivity index (χ0n) is 14.6. The number of hydrogen-bond donors (Lipinski definition) is 1. The Morgan fingerprint density at radius 1 is 1.32 bits per heavy atom. The molecule has 1 aliphatic heterocycles. The maximum absolute atomic E-state index is 12.8. The molecule has 1 aromatic heterocycles. The average Bonchev–Trinajstić information content (AvgIpc) is 3.12. The van der Waals surface area contributed by atoms with Crippen LogP contribution in [0, 0.1) is 0 Å². The minimum absolute atomic E-state index is 0.00501. The maximum Gasteiger partial charge on any atom is 0.255 e. The number of benzene rings is 1. The first kappa shape index (κ1) is 17.0. The fourth-order valence-electron chi connectivity index (χ4n) is 3.26. The van der Waals surface area contributed by atoms with Gasteiger partial charge < -0.3 is 15.0 Å². The SMILES string of the molecule is CCOc1ccccc1C(=O)N[C@@H]1CC(=O)N(C)[C@H]1c1ccnn1C. The van der Waals surface area contributed by atoms with Crippen LogP contribution >= 0.6 is 0 Å². The predicted molar refractivity (Wildman–Crippen MR) is 92.2 cm³/mol. The highest BCUT2D eigenvalue weighted by molar-refractivity contribution is 5.97. The van der Waals surface area contributed by atoms with Crippen molar-refractivity contribution in [2.24, 2.45) is 7.05 Å². The molecule has 1 fully saturated rings. The number of amides is 2. The van der Waals surface area contributed by atoms with Crippen LogP contribution in [0.5, 0.6) is 5.75 Å². The molecule has 7 heteroatoms. The summed E-state index contributed by atoms with van der Waals surface area (Å²) < 4.78 is 7.26. The van der Waals surface area contributed by atoms with Crippen molar-refractivity contribution in [2.45, 2.75) is 25.4 Å². The van der Waals surface area contributed by atoms with E-state index in [2.05, 4.69) is 10.4 Å². The predicted octanol–water partition coefficient (Wildman–Crippen LogP) is 1.52. The van der Waals surface area contributed by atoms with E-state index < -0.39 is 0 Å². The van der Waals surface area contributed by atoms with Gasteiger partial charge in [0.1, 0.15) is 5.75 Å². The molecule has 1 N–H and O–H groups in total. The zero-order valence-corrected chi connectivity index (χ0v) is 14.6. The molecular formula is C18H22N4O3. The summed E-state index contributed by atoms with van der Waals surface area (Å²) in [5.41, 5.74) is 1.35. The van der Waals surface area contributed by atoms with Gasteiger partial charge >= 0.3 is 0 Å². The van der Waals surface area contributed by atoms with Gasteiger partial charge in [0.15, 0.2) is 0 Å². The number of nitrogens with one attached hydrogen (secondary N) is 1. The molecule has 132 valence electrons. The fraction of sp³-hybridized carbons (Fsp3) is 0.389. The quantitative estimate of drug-likeness (QED) is 0.894. The number of carbonyl (C=O) groups is 2. The third-order valence-corrected chi connectivity index (χ3v) is 4.50. The van der Waals surface area contributed by atoms with Gasteiger partial charge in [-0.05, 0) is 25.1 Å². The molecule has 2 amide bonds. The number of carbonyl (C=O) groups excluding carboxylic acids is 2. The second kappa shape index (κ2) is 6.96. The van der Waals surface area contributed by atoms with Gasteiger partial charge in [-0.25, -0.2) is 0 Å². The topological polar surface area (TPSA) is 76.5 Å². The van der Waals surface area contributed by atoms with Gasteiger partial charge in [0, 0.05) is 26.7 Å². The Morgan fingerprint density at radius 3 is 2.76 bits per heavy atom. The number of aryl methyl sites for hydroxylation is 1. The van der Waals surface area contributed by atoms with Crippen molar-refractivity contribution >= 4 is 11.8 Å². The number of likely N-dealkylation sites (N-methyl/N-ethyl adjacent to an activating group) is 1. The molecule has 0 unspecified atom stereocenters. The number of likely N-dealkylation sites (tertiary alicyclic amines) is 1. The summed E-state index contributed by atoms with van der Waals surface area (Å²) in [4.78, 5) is 26.6. The molecule has 2 atom stereocenters. The first-order chi connectivity index (χ1) is 12.0. The lowest BCUT2D eigenvalue weighted by atomic mass is 10.0. The number of hydrogen-bond acceptors (Lipinski definition) is 4. The number of rotatable bonds is 5. The molecule has 0 spiro atoms. The van der Waals surface area contributed by atoms with Crippen LogP contribution in [0.3, 0.4) is 0 Å². The molecule has 2 aromatic rings. The summed E-state index contributed by atoms with van der Waals surface area (Å²) in [5.74, 6) is 0.288. The van der Waals surface area contributed by atoms with Gasteiger partial charge in [-0.2, -0.15) is 5.10 Å². The first-order valence-corrected chi connectivity index (χ1v) is 8.29. The van der Waals surface area contributed by atoms with E-state index in [1.807, 2.05) is 26.1 Å². The Labute approximate surface area is 146 Å². The van der Waals surface area contributed by atoms with Crippen molar-refractivity contribution in [2.75, 3.05) is 13.7 Å². The van der Waals surface area contributed by atoms with Gasteiger partial charge in [-0.3, -0.25) is 14.3 Å². The van der Waals surface area contributed by atoms with E-state index in [1.54, 1.807) is 41.0 Å². The Hall–Kier alpha value is -2.83. The molecule has 3 rings (SSSR count). The number of aromatic nitrogens is 2. The summed E-state index contributed by atoms with van der Waals surface area (Å²) in [7, 11) is 3.58.